The molecule has 1 aliphatic carbocycles. The van der Waals surface area contributed by atoms with Gasteiger partial charge in [-0.15, -0.1) is 0 Å². The Morgan fingerprint density at radius 1 is 1.27 bits per heavy atom. The van der Waals surface area contributed by atoms with Crippen molar-refractivity contribution in [3.63, 3.8) is 0 Å². The second-order valence-corrected chi connectivity index (χ2v) is 7.18. The van der Waals surface area contributed by atoms with Crippen LogP contribution >= 0.6 is 0 Å². The quantitative estimate of drug-likeness (QED) is 0.781. The summed E-state index contributed by atoms with van der Waals surface area (Å²) in [5, 5.41) is 6.24. The van der Waals surface area contributed by atoms with Gasteiger partial charge in [0.1, 0.15) is 5.60 Å². The molecule has 0 radical (unpaired) electrons. The summed E-state index contributed by atoms with van der Waals surface area (Å²) < 4.78 is 18.1. The molecule has 22 heavy (non-hydrogen) atoms. The van der Waals surface area contributed by atoms with Crippen molar-refractivity contribution < 1.29 is 13.9 Å². The summed E-state index contributed by atoms with van der Waals surface area (Å²) in [6, 6.07) is 0.519. The Labute approximate surface area is 133 Å². The third-order valence-corrected chi connectivity index (χ3v) is 3.97. The van der Waals surface area contributed by atoms with E-state index in [4.69, 9.17) is 4.74 Å². The van der Waals surface area contributed by atoms with Crippen molar-refractivity contribution >= 4 is 6.09 Å². The maximum atomic E-state index is 12.9. The molecule has 1 atom stereocenters. The van der Waals surface area contributed by atoms with Gasteiger partial charge in [0.05, 0.1) is 6.33 Å². The number of nitrogens with one attached hydrogen (secondary N) is 2. The molecular formula is C17H31FN2O2. The van der Waals surface area contributed by atoms with E-state index in [0.29, 0.717) is 31.0 Å². The van der Waals surface area contributed by atoms with Gasteiger partial charge in [0.2, 0.25) is 0 Å². The van der Waals surface area contributed by atoms with Crippen molar-refractivity contribution in [1.29, 1.82) is 0 Å². The highest BCUT2D eigenvalue weighted by atomic mass is 19.1. The Morgan fingerprint density at radius 3 is 2.45 bits per heavy atom. The number of ether oxygens (including phenoxy) is 1. The zero-order chi connectivity index (χ0) is 16.6. The van der Waals surface area contributed by atoms with E-state index in [-0.39, 0.29) is 5.92 Å². The zero-order valence-corrected chi connectivity index (χ0v) is 14.4. The molecule has 1 rings (SSSR count). The largest absolute Gasteiger partial charge is 0.444 e. The first-order chi connectivity index (χ1) is 10.3. The highest BCUT2D eigenvalue weighted by molar-refractivity contribution is 5.67. The number of rotatable bonds is 6. The molecule has 0 spiro atoms. The molecule has 0 aliphatic heterocycles. The molecule has 0 aromatic heterocycles. The molecule has 1 saturated carbocycles. The van der Waals surface area contributed by atoms with Gasteiger partial charge in [-0.3, -0.25) is 0 Å². The van der Waals surface area contributed by atoms with Gasteiger partial charge in [-0.05, 0) is 46.1 Å². The summed E-state index contributed by atoms with van der Waals surface area (Å²) in [6.45, 7) is 8.27. The third kappa shape index (κ3) is 7.78. The van der Waals surface area contributed by atoms with Crippen LogP contribution in [0.1, 0.15) is 59.8 Å². The first-order valence-electron chi connectivity index (χ1n) is 8.29. The number of alkyl carbamates (subject to hydrolysis) is 1. The number of hydrogen-bond acceptors (Lipinski definition) is 3. The normalized spacial score (nSPS) is 18.9. The van der Waals surface area contributed by atoms with Crippen LogP contribution in [0.25, 0.3) is 0 Å². The predicted molar refractivity (Wildman–Crippen MR) is 87.5 cm³/mol. The van der Waals surface area contributed by atoms with Crippen molar-refractivity contribution in [2.45, 2.75) is 71.4 Å². The zero-order valence-electron chi connectivity index (χ0n) is 14.4. The van der Waals surface area contributed by atoms with Gasteiger partial charge in [0.15, 0.2) is 0 Å². The fourth-order valence-electron chi connectivity index (χ4n) is 2.62. The lowest BCUT2D eigenvalue weighted by atomic mass is 9.94. The molecule has 1 aliphatic rings. The van der Waals surface area contributed by atoms with Crippen molar-refractivity contribution in [2.75, 3.05) is 13.1 Å². The molecule has 2 N–H and O–H groups in total. The van der Waals surface area contributed by atoms with E-state index in [1.165, 1.54) is 32.1 Å². The minimum atomic E-state index is -0.523. The van der Waals surface area contributed by atoms with Crippen molar-refractivity contribution in [3.05, 3.63) is 11.9 Å². The number of hydrogen-bond donors (Lipinski definition) is 2. The first-order valence-corrected chi connectivity index (χ1v) is 8.29. The molecular weight excluding hydrogens is 283 g/mol. The molecule has 0 bridgehead atoms. The Morgan fingerprint density at radius 2 is 1.91 bits per heavy atom. The van der Waals surface area contributed by atoms with E-state index < -0.39 is 11.7 Å². The van der Waals surface area contributed by atoms with Crippen LogP contribution in [-0.4, -0.2) is 30.8 Å². The van der Waals surface area contributed by atoms with Gasteiger partial charge >= 0.3 is 6.09 Å². The highest BCUT2D eigenvalue weighted by Gasteiger charge is 2.20. The van der Waals surface area contributed by atoms with E-state index in [2.05, 4.69) is 10.6 Å². The van der Waals surface area contributed by atoms with E-state index >= 15 is 0 Å². The van der Waals surface area contributed by atoms with Crippen LogP contribution in [0.2, 0.25) is 0 Å². The standard InChI is InChI=1S/C17H31FN2O2/c1-13(10-18)14(11-19-15-8-6-5-7-9-15)12-20-16(21)22-17(2,3)4/h10,14-15,19H,5-9,11-12H2,1-4H3,(H,20,21). The van der Waals surface area contributed by atoms with Crippen LogP contribution in [0.3, 0.4) is 0 Å². The van der Waals surface area contributed by atoms with Crippen LogP contribution in [0.4, 0.5) is 9.18 Å². The molecule has 1 amide bonds. The van der Waals surface area contributed by atoms with Crippen molar-refractivity contribution in [1.82, 2.24) is 10.6 Å². The summed E-state index contributed by atoms with van der Waals surface area (Å²) in [7, 11) is 0. The van der Waals surface area contributed by atoms with Crippen LogP contribution < -0.4 is 10.6 Å². The van der Waals surface area contributed by atoms with Crippen LogP contribution in [-0.2, 0) is 4.74 Å². The predicted octanol–water partition coefficient (Wildman–Crippen LogP) is 3.92. The average Bonchev–Trinajstić information content (AvgIpc) is 2.45. The summed E-state index contributed by atoms with van der Waals surface area (Å²) >= 11 is 0. The molecule has 0 aromatic carbocycles. The Balaban J connectivity index is 2.41. The average molecular weight is 314 g/mol. The Hall–Kier alpha value is -1.10. The fraction of sp³-hybridized carbons (Fsp3) is 0.824. The summed E-state index contributed by atoms with van der Waals surface area (Å²) in [5.41, 5.74) is 0.115. The molecule has 1 fully saturated rings. The van der Waals surface area contributed by atoms with Crippen LogP contribution in [0, 0.1) is 5.92 Å². The summed E-state index contributed by atoms with van der Waals surface area (Å²) in [5.74, 6) is -0.0561. The first kappa shape index (κ1) is 18.9. The smallest absolute Gasteiger partial charge is 0.407 e. The molecule has 5 heteroatoms. The third-order valence-electron chi connectivity index (χ3n) is 3.97. The van der Waals surface area contributed by atoms with Crippen molar-refractivity contribution in [3.8, 4) is 0 Å². The maximum absolute atomic E-state index is 12.9. The van der Waals surface area contributed by atoms with Crippen molar-refractivity contribution in [2.24, 2.45) is 5.92 Å². The van der Waals surface area contributed by atoms with E-state index in [0.717, 1.165) is 0 Å². The Bertz CT molecular complexity index is 371. The van der Waals surface area contributed by atoms with E-state index in [9.17, 15) is 9.18 Å². The second kappa shape index (κ2) is 9.13. The Kier molecular flexibility index (Phi) is 7.87. The van der Waals surface area contributed by atoms with Crippen LogP contribution in [0.15, 0.2) is 11.9 Å². The number of carbonyl (C=O) groups is 1. The summed E-state index contributed by atoms with van der Waals surface area (Å²) in [4.78, 5) is 11.7. The molecule has 128 valence electrons. The fourth-order valence-corrected chi connectivity index (χ4v) is 2.62. The van der Waals surface area contributed by atoms with Gasteiger partial charge in [-0.2, -0.15) is 0 Å². The molecule has 0 aromatic rings. The van der Waals surface area contributed by atoms with Gasteiger partial charge < -0.3 is 15.4 Å². The summed E-state index contributed by atoms with van der Waals surface area (Å²) in [6.07, 6.45) is 6.37. The number of halogens is 1. The maximum Gasteiger partial charge on any atom is 0.407 e. The highest BCUT2D eigenvalue weighted by Crippen LogP contribution is 2.18. The number of amides is 1. The van der Waals surface area contributed by atoms with E-state index in [1.54, 1.807) is 6.92 Å². The lowest BCUT2D eigenvalue weighted by molar-refractivity contribution is 0.0521. The number of carbonyl (C=O) groups excluding carboxylic acids is 1. The minimum absolute atomic E-state index is 0.0561. The molecule has 0 saturated heterocycles. The van der Waals surface area contributed by atoms with Gasteiger partial charge in [0.25, 0.3) is 0 Å². The van der Waals surface area contributed by atoms with E-state index in [1.807, 2.05) is 20.8 Å². The van der Waals surface area contributed by atoms with Gasteiger partial charge in [-0.25, -0.2) is 9.18 Å². The van der Waals surface area contributed by atoms with Crippen LogP contribution in [0.5, 0.6) is 0 Å². The van der Waals surface area contributed by atoms with Gasteiger partial charge in [-0.1, -0.05) is 19.3 Å². The lowest BCUT2D eigenvalue weighted by Gasteiger charge is -2.26. The van der Waals surface area contributed by atoms with Gasteiger partial charge in [0, 0.05) is 25.0 Å². The molecule has 0 heterocycles. The minimum Gasteiger partial charge on any atom is -0.444 e. The lowest BCUT2D eigenvalue weighted by Crippen LogP contribution is -2.41. The SMILES string of the molecule is CC(=CF)C(CNC(=O)OC(C)(C)C)CNC1CCCCC1. The molecule has 1 unspecified atom stereocenters. The topological polar surface area (TPSA) is 50.4 Å². The second-order valence-electron chi connectivity index (χ2n) is 7.18. The monoisotopic (exact) mass is 314 g/mol. The molecule has 4 nitrogen and oxygen atoms in total.